The van der Waals surface area contributed by atoms with Crippen molar-refractivity contribution >= 4 is 22.6 Å². The second-order valence-electron chi connectivity index (χ2n) is 6.46. The number of ether oxygens (including phenoxy) is 2. The van der Waals surface area contributed by atoms with Gasteiger partial charge in [-0.05, 0) is 24.3 Å². The van der Waals surface area contributed by atoms with Crippen LogP contribution in [0.15, 0.2) is 42.5 Å². The number of fused-ring (bicyclic) bond motifs is 2. The van der Waals surface area contributed by atoms with Gasteiger partial charge in [-0.15, -0.1) is 0 Å². The standard InChI is InChI=1S/C19H17N3O3/c1-21-15-5-3-2-4-14(15)20-19(21)12-8-18(23)22(10-12)13-6-7-16-17(9-13)25-11-24-16/h2-7,9,12H,8,10-11H2,1H3. The second-order valence-corrected chi connectivity index (χ2v) is 6.46. The molecule has 3 aromatic rings. The molecule has 0 spiro atoms. The van der Waals surface area contributed by atoms with E-state index in [1.165, 1.54) is 0 Å². The van der Waals surface area contributed by atoms with Crippen molar-refractivity contribution in [3.05, 3.63) is 48.3 Å². The molecule has 0 bridgehead atoms. The van der Waals surface area contributed by atoms with E-state index >= 15 is 0 Å². The smallest absolute Gasteiger partial charge is 0.231 e. The first-order chi connectivity index (χ1) is 12.2. The van der Waals surface area contributed by atoms with Crippen LogP contribution >= 0.6 is 0 Å². The largest absolute Gasteiger partial charge is 0.454 e. The minimum absolute atomic E-state index is 0.0790. The fraction of sp³-hybridized carbons (Fsp3) is 0.263. The number of amides is 1. The van der Waals surface area contributed by atoms with E-state index in [2.05, 4.69) is 10.6 Å². The van der Waals surface area contributed by atoms with Gasteiger partial charge in [0.1, 0.15) is 5.82 Å². The van der Waals surface area contributed by atoms with Gasteiger partial charge in [0.2, 0.25) is 12.7 Å². The van der Waals surface area contributed by atoms with E-state index in [-0.39, 0.29) is 18.6 Å². The van der Waals surface area contributed by atoms with Gasteiger partial charge in [0.25, 0.3) is 0 Å². The Balaban J connectivity index is 1.48. The number of anilines is 1. The van der Waals surface area contributed by atoms with E-state index in [1.807, 2.05) is 48.3 Å². The Labute approximate surface area is 144 Å². The maximum atomic E-state index is 12.6. The highest BCUT2D eigenvalue weighted by Crippen LogP contribution is 2.38. The summed E-state index contributed by atoms with van der Waals surface area (Å²) in [5.41, 5.74) is 2.90. The zero-order valence-electron chi connectivity index (χ0n) is 13.8. The molecular formula is C19H17N3O3. The SMILES string of the molecule is Cn1c(C2CC(=O)N(c3ccc4c(c3)OCO4)C2)nc2ccccc21. The molecule has 1 saturated heterocycles. The van der Waals surface area contributed by atoms with Gasteiger partial charge in [0, 0.05) is 37.7 Å². The van der Waals surface area contributed by atoms with E-state index in [9.17, 15) is 4.79 Å². The number of carbonyl (C=O) groups is 1. The Kier molecular flexibility index (Phi) is 3.00. The normalized spacial score (nSPS) is 19.2. The summed E-state index contributed by atoms with van der Waals surface area (Å²) in [7, 11) is 2.01. The van der Waals surface area contributed by atoms with Gasteiger partial charge in [0.05, 0.1) is 11.0 Å². The van der Waals surface area contributed by atoms with E-state index in [0.29, 0.717) is 18.7 Å². The zero-order chi connectivity index (χ0) is 17.0. The van der Waals surface area contributed by atoms with Crippen LogP contribution in [0.2, 0.25) is 0 Å². The molecule has 0 aliphatic carbocycles. The quantitative estimate of drug-likeness (QED) is 0.723. The average molecular weight is 335 g/mol. The number of carbonyl (C=O) groups excluding carboxylic acids is 1. The Hall–Kier alpha value is -3.02. The van der Waals surface area contributed by atoms with E-state index in [4.69, 9.17) is 14.5 Å². The van der Waals surface area contributed by atoms with Crippen LogP contribution in [0, 0.1) is 0 Å². The van der Waals surface area contributed by atoms with Crippen LogP contribution in [0.25, 0.3) is 11.0 Å². The molecule has 25 heavy (non-hydrogen) atoms. The number of benzene rings is 2. The molecule has 6 nitrogen and oxygen atoms in total. The fourth-order valence-corrected chi connectivity index (χ4v) is 3.71. The Morgan fingerprint density at radius 1 is 1.12 bits per heavy atom. The molecule has 0 saturated carbocycles. The lowest BCUT2D eigenvalue weighted by Gasteiger charge is -2.17. The van der Waals surface area contributed by atoms with Gasteiger partial charge >= 0.3 is 0 Å². The van der Waals surface area contributed by atoms with Crippen molar-refractivity contribution in [1.29, 1.82) is 0 Å². The molecule has 3 heterocycles. The molecular weight excluding hydrogens is 318 g/mol. The molecule has 1 unspecified atom stereocenters. The third-order valence-corrected chi connectivity index (χ3v) is 4.98. The second kappa shape index (κ2) is 5.24. The average Bonchev–Trinajstić information content (AvgIpc) is 3.32. The first kappa shape index (κ1) is 14.3. The number of aryl methyl sites for hydroxylation is 1. The number of rotatable bonds is 2. The molecule has 2 aliphatic rings. The van der Waals surface area contributed by atoms with Crippen LogP contribution in [0.1, 0.15) is 18.2 Å². The summed E-state index contributed by atoms with van der Waals surface area (Å²) in [4.78, 5) is 19.2. The summed E-state index contributed by atoms with van der Waals surface area (Å²) in [6, 6.07) is 13.7. The summed E-state index contributed by atoms with van der Waals surface area (Å²) in [6.07, 6.45) is 0.464. The Bertz CT molecular complexity index is 995. The number of aromatic nitrogens is 2. The van der Waals surface area contributed by atoms with E-state index in [0.717, 1.165) is 28.3 Å². The Morgan fingerprint density at radius 2 is 1.96 bits per heavy atom. The third kappa shape index (κ3) is 2.17. The maximum Gasteiger partial charge on any atom is 0.231 e. The molecule has 0 radical (unpaired) electrons. The maximum absolute atomic E-state index is 12.6. The van der Waals surface area contributed by atoms with Gasteiger partial charge in [-0.25, -0.2) is 4.98 Å². The van der Waals surface area contributed by atoms with Crippen molar-refractivity contribution in [2.45, 2.75) is 12.3 Å². The van der Waals surface area contributed by atoms with Crippen molar-refractivity contribution in [1.82, 2.24) is 9.55 Å². The molecule has 6 heteroatoms. The summed E-state index contributed by atoms with van der Waals surface area (Å²) in [6.45, 7) is 0.852. The summed E-state index contributed by atoms with van der Waals surface area (Å²) < 4.78 is 12.9. The van der Waals surface area contributed by atoms with Gasteiger partial charge < -0.3 is 18.9 Å². The van der Waals surface area contributed by atoms with Gasteiger partial charge in [-0.3, -0.25) is 4.79 Å². The first-order valence-corrected chi connectivity index (χ1v) is 8.32. The minimum Gasteiger partial charge on any atom is -0.454 e. The molecule has 2 aliphatic heterocycles. The molecule has 2 aromatic carbocycles. The fourth-order valence-electron chi connectivity index (χ4n) is 3.71. The van der Waals surface area contributed by atoms with Crippen LogP contribution in [-0.2, 0) is 11.8 Å². The van der Waals surface area contributed by atoms with Crippen LogP contribution in [0.3, 0.4) is 0 Å². The van der Waals surface area contributed by atoms with Crippen molar-refractivity contribution in [3.8, 4) is 11.5 Å². The Morgan fingerprint density at radius 3 is 2.84 bits per heavy atom. The van der Waals surface area contributed by atoms with Crippen LogP contribution in [0.5, 0.6) is 11.5 Å². The first-order valence-electron chi connectivity index (χ1n) is 8.32. The topological polar surface area (TPSA) is 56.6 Å². The minimum atomic E-state index is 0.0790. The van der Waals surface area contributed by atoms with E-state index < -0.39 is 0 Å². The van der Waals surface area contributed by atoms with Gasteiger partial charge in [-0.2, -0.15) is 0 Å². The van der Waals surface area contributed by atoms with Crippen LogP contribution < -0.4 is 14.4 Å². The van der Waals surface area contributed by atoms with Gasteiger partial charge in [-0.1, -0.05) is 12.1 Å². The zero-order valence-corrected chi connectivity index (χ0v) is 13.8. The summed E-state index contributed by atoms with van der Waals surface area (Å²) in [5.74, 6) is 2.56. The molecule has 1 atom stereocenters. The number of para-hydroxylation sites is 2. The van der Waals surface area contributed by atoms with Crippen molar-refractivity contribution in [3.63, 3.8) is 0 Å². The molecule has 0 N–H and O–H groups in total. The molecule has 1 fully saturated rings. The number of nitrogens with zero attached hydrogens (tertiary/aromatic N) is 3. The number of hydrogen-bond acceptors (Lipinski definition) is 4. The van der Waals surface area contributed by atoms with Crippen molar-refractivity contribution < 1.29 is 14.3 Å². The van der Waals surface area contributed by atoms with Crippen molar-refractivity contribution in [2.75, 3.05) is 18.2 Å². The third-order valence-electron chi connectivity index (χ3n) is 4.98. The van der Waals surface area contributed by atoms with E-state index in [1.54, 1.807) is 0 Å². The van der Waals surface area contributed by atoms with Crippen LogP contribution in [0.4, 0.5) is 5.69 Å². The summed E-state index contributed by atoms with van der Waals surface area (Å²) in [5, 5.41) is 0. The highest BCUT2D eigenvalue weighted by atomic mass is 16.7. The predicted molar refractivity (Wildman–Crippen MR) is 93.0 cm³/mol. The van der Waals surface area contributed by atoms with Crippen molar-refractivity contribution in [2.24, 2.45) is 7.05 Å². The highest BCUT2D eigenvalue weighted by molar-refractivity contribution is 5.96. The monoisotopic (exact) mass is 335 g/mol. The molecule has 126 valence electrons. The number of hydrogen-bond donors (Lipinski definition) is 0. The van der Waals surface area contributed by atoms with Crippen LogP contribution in [-0.4, -0.2) is 28.8 Å². The predicted octanol–water partition coefficient (Wildman–Crippen LogP) is 2.82. The number of imidazole rings is 1. The lowest BCUT2D eigenvalue weighted by molar-refractivity contribution is -0.117. The van der Waals surface area contributed by atoms with Gasteiger partial charge in [0.15, 0.2) is 11.5 Å². The summed E-state index contributed by atoms with van der Waals surface area (Å²) >= 11 is 0. The molecule has 5 rings (SSSR count). The molecule has 1 aromatic heterocycles. The lowest BCUT2D eigenvalue weighted by atomic mass is 10.1. The lowest BCUT2D eigenvalue weighted by Crippen LogP contribution is -2.24. The highest BCUT2D eigenvalue weighted by Gasteiger charge is 2.35. The molecule has 1 amide bonds.